The predicted molar refractivity (Wildman–Crippen MR) is 88.3 cm³/mol. The maximum absolute atomic E-state index is 13.1. The molecule has 0 radical (unpaired) electrons. The molecule has 0 bridgehead atoms. The van der Waals surface area contributed by atoms with Gasteiger partial charge in [0.05, 0.1) is 6.54 Å². The summed E-state index contributed by atoms with van der Waals surface area (Å²) >= 11 is 0. The number of aryl methyl sites for hydroxylation is 1. The minimum atomic E-state index is -0.430. The van der Waals surface area contributed by atoms with Gasteiger partial charge in [0.2, 0.25) is 11.8 Å². The van der Waals surface area contributed by atoms with Gasteiger partial charge in [-0.25, -0.2) is 4.39 Å². The highest BCUT2D eigenvalue weighted by molar-refractivity contribution is 5.98. The van der Waals surface area contributed by atoms with Crippen LogP contribution in [-0.2, 0) is 9.59 Å². The molecule has 0 fully saturated rings. The standard InChI is InChI=1S/C18H17FN2O2/c1-13-7-9-15(19)11-16(13)21-18(23)12-20-17(22)10-8-14-5-3-2-4-6-14/h2-11H,12H2,1H3,(H,20,22)(H,21,23)/b10-8+. The molecule has 23 heavy (non-hydrogen) atoms. The molecule has 0 heterocycles. The van der Waals surface area contributed by atoms with Crippen LogP contribution in [0.4, 0.5) is 10.1 Å². The number of hydrogen-bond donors (Lipinski definition) is 2. The molecule has 2 rings (SSSR count). The molecule has 2 amide bonds. The number of carbonyl (C=O) groups is 2. The Morgan fingerprint density at radius 2 is 1.87 bits per heavy atom. The molecule has 2 aromatic carbocycles. The van der Waals surface area contributed by atoms with E-state index in [9.17, 15) is 14.0 Å². The quantitative estimate of drug-likeness (QED) is 0.834. The number of rotatable bonds is 5. The highest BCUT2D eigenvalue weighted by Gasteiger charge is 2.06. The summed E-state index contributed by atoms with van der Waals surface area (Å²) in [5, 5.41) is 5.04. The van der Waals surface area contributed by atoms with Crippen molar-refractivity contribution >= 4 is 23.6 Å². The van der Waals surface area contributed by atoms with E-state index < -0.39 is 11.7 Å². The van der Waals surface area contributed by atoms with Crippen molar-refractivity contribution < 1.29 is 14.0 Å². The predicted octanol–water partition coefficient (Wildman–Crippen LogP) is 2.90. The van der Waals surface area contributed by atoms with Crippen LogP contribution in [0.1, 0.15) is 11.1 Å². The van der Waals surface area contributed by atoms with Crippen LogP contribution in [-0.4, -0.2) is 18.4 Å². The van der Waals surface area contributed by atoms with Gasteiger partial charge in [0, 0.05) is 11.8 Å². The smallest absolute Gasteiger partial charge is 0.244 e. The van der Waals surface area contributed by atoms with Gasteiger partial charge in [-0.1, -0.05) is 36.4 Å². The molecule has 0 aliphatic carbocycles. The van der Waals surface area contributed by atoms with Gasteiger partial charge in [-0.15, -0.1) is 0 Å². The summed E-state index contributed by atoms with van der Waals surface area (Å²) in [6.07, 6.45) is 3.01. The Labute approximate surface area is 134 Å². The third-order valence-corrected chi connectivity index (χ3v) is 3.12. The van der Waals surface area contributed by atoms with Crippen molar-refractivity contribution in [3.8, 4) is 0 Å². The topological polar surface area (TPSA) is 58.2 Å². The van der Waals surface area contributed by atoms with Gasteiger partial charge in [0.1, 0.15) is 5.82 Å². The zero-order chi connectivity index (χ0) is 16.7. The minimum absolute atomic E-state index is 0.187. The van der Waals surface area contributed by atoms with Crippen molar-refractivity contribution in [2.24, 2.45) is 0 Å². The van der Waals surface area contributed by atoms with Crippen LogP contribution in [0.5, 0.6) is 0 Å². The van der Waals surface area contributed by atoms with Crippen LogP contribution in [0, 0.1) is 12.7 Å². The Morgan fingerprint density at radius 3 is 2.61 bits per heavy atom. The maximum Gasteiger partial charge on any atom is 0.244 e. The van der Waals surface area contributed by atoms with E-state index in [0.29, 0.717) is 5.69 Å². The molecule has 5 heteroatoms. The highest BCUT2D eigenvalue weighted by atomic mass is 19.1. The molecule has 118 valence electrons. The van der Waals surface area contributed by atoms with Gasteiger partial charge < -0.3 is 10.6 Å². The van der Waals surface area contributed by atoms with E-state index in [1.54, 1.807) is 19.1 Å². The third kappa shape index (κ3) is 5.39. The molecule has 0 aliphatic heterocycles. The van der Waals surface area contributed by atoms with E-state index in [2.05, 4.69) is 10.6 Å². The molecule has 0 unspecified atom stereocenters. The fourth-order valence-electron chi connectivity index (χ4n) is 1.89. The number of benzene rings is 2. The maximum atomic E-state index is 13.1. The van der Waals surface area contributed by atoms with Gasteiger partial charge in [-0.2, -0.15) is 0 Å². The Morgan fingerprint density at radius 1 is 1.13 bits per heavy atom. The summed E-state index contributed by atoms with van der Waals surface area (Å²) in [4.78, 5) is 23.4. The molecule has 0 saturated carbocycles. The van der Waals surface area contributed by atoms with Crippen molar-refractivity contribution in [3.05, 3.63) is 71.6 Å². The number of carbonyl (C=O) groups excluding carboxylic acids is 2. The highest BCUT2D eigenvalue weighted by Crippen LogP contribution is 2.15. The lowest BCUT2D eigenvalue weighted by Crippen LogP contribution is -2.31. The van der Waals surface area contributed by atoms with E-state index in [1.807, 2.05) is 30.3 Å². The first-order chi connectivity index (χ1) is 11.0. The van der Waals surface area contributed by atoms with Crippen molar-refractivity contribution in [2.45, 2.75) is 6.92 Å². The van der Waals surface area contributed by atoms with Crippen molar-refractivity contribution in [2.75, 3.05) is 11.9 Å². The van der Waals surface area contributed by atoms with Crippen LogP contribution < -0.4 is 10.6 Å². The molecule has 2 aromatic rings. The van der Waals surface area contributed by atoms with Gasteiger partial charge in [-0.3, -0.25) is 9.59 Å². The molecular weight excluding hydrogens is 295 g/mol. The Kier molecular flexibility index (Phi) is 5.63. The van der Waals surface area contributed by atoms with Gasteiger partial charge >= 0.3 is 0 Å². The van der Waals surface area contributed by atoms with Gasteiger partial charge in [-0.05, 0) is 36.3 Å². The summed E-state index contributed by atoms with van der Waals surface area (Å²) in [7, 11) is 0. The van der Waals surface area contributed by atoms with Crippen LogP contribution in [0.25, 0.3) is 6.08 Å². The zero-order valence-corrected chi connectivity index (χ0v) is 12.7. The van der Waals surface area contributed by atoms with E-state index in [-0.39, 0.29) is 12.5 Å². The molecule has 0 saturated heterocycles. The fraction of sp³-hybridized carbons (Fsp3) is 0.111. The van der Waals surface area contributed by atoms with Gasteiger partial charge in [0.25, 0.3) is 0 Å². The van der Waals surface area contributed by atoms with Crippen molar-refractivity contribution in [3.63, 3.8) is 0 Å². The van der Waals surface area contributed by atoms with Crippen LogP contribution in [0.3, 0.4) is 0 Å². The summed E-state index contributed by atoms with van der Waals surface area (Å²) in [6.45, 7) is 1.57. The van der Waals surface area contributed by atoms with E-state index in [0.717, 1.165) is 11.1 Å². The van der Waals surface area contributed by atoms with Crippen LogP contribution in [0.15, 0.2) is 54.6 Å². The number of nitrogens with one attached hydrogen (secondary N) is 2. The Balaban J connectivity index is 1.83. The lowest BCUT2D eigenvalue weighted by atomic mass is 10.2. The zero-order valence-electron chi connectivity index (χ0n) is 12.7. The normalized spacial score (nSPS) is 10.5. The molecule has 0 spiro atoms. The number of anilines is 1. The first-order valence-electron chi connectivity index (χ1n) is 7.11. The molecule has 4 nitrogen and oxygen atoms in total. The second-order valence-corrected chi connectivity index (χ2v) is 4.97. The van der Waals surface area contributed by atoms with Crippen molar-refractivity contribution in [1.29, 1.82) is 0 Å². The number of hydrogen-bond acceptors (Lipinski definition) is 2. The monoisotopic (exact) mass is 312 g/mol. The van der Waals surface area contributed by atoms with E-state index in [1.165, 1.54) is 18.2 Å². The lowest BCUT2D eigenvalue weighted by molar-refractivity contribution is -0.121. The Bertz CT molecular complexity index is 727. The first kappa shape index (κ1) is 16.4. The summed E-state index contributed by atoms with van der Waals surface area (Å²) < 4.78 is 13.1. The summed E-state index contributed by atoms with van der Waals surface area (Å²) in [5.41, 5.74) is 2.03. The second-order valence-electron chi connectivity index (χ2n) is 4.97. The summed E-state index contributed by atoms with van der Waals surface area (Å²) in [5.74, 6) is -1.22. The van der Waals surface area contributed by atoms with Gasteiger partial charge in [0.15, 0.2) is 0 Å². The van der Waals surface area contributed by atoms with E-state index in [4.69, 9.17) is 0 Å². The van der Waals surface area contributed by atoms with E-state index >= 15 is 0 Å². The molecule has 2 N–H and O–H groups in total. The van der Waals surface area contributed by atoms with Crippen LogP contribution in [0.2, 0.25) is 0 Å². The van der Waals surface area contributed by atoms with Crippen molar-refractivity contribution in [1.82, 2.24) is 5.32 Å². The second kappa shape index (κ2) is 7.89. The summed E-state index contributed by atoms with van der Waals surface area (Å²) in [6, 6.07) is 13.5. The molecule has 0 atom stereocenters. The van der Waals surface area contributed by atoms with Crippen LogP contribution >= 0.6 is 0 Å². The molecule has 0 aliphatic rings. The SMILES string of the molecule is Cc1ccc(F)cc1NC(=O)CNC(=O)/C=C/c1ccccc1. The third-order valence-electron chi connectivity index (χ3n) is 3.12. The average Bonchev–Trinajstić information content (AvgIpc) is 2.55. The first-order valence-corrected chi connectivity index (χ1v) is 7.11. The lowest BCUT2D eigenvalue weighted by Gasteiger charge is -2.08. The minimum Gasteiger partial charge on any atom is -0.343 e. The number of amides is 2. The fourth-order valence-corrected chi connectivity index (χ4v) is 1.89. The average molecular weight is 312 g/mol. The Hall–Kier alpha value is -2.95. The molecule has 0 aromatic heterocycles. The largest absolute Gasteiger partial charge is 0.343 e. The number of halogens is 1. The molecular formula is C18H17FN2O2.